The maximum atomic E-state index is 12.5. The van der Waals surface area contributed by atoms with Gasteiger partial charge in [-0.15, -0.1) is 0 Å². The molecule has 0 atom stereocenters. The molecular formula is C17H14ClNO2. The van der Waals surface area contributed by atoms with Crippen LogP contribution in [-0.2, 0) is 11.2 Å². The number of nitrogens with zero attached hydrogens (tertiary/aromatic N) is 1. The van der Waals surface area contributed by atoms with Gasteiger partial charge in [-0.25, -0.2) is 0 Å². The van der Waals surface area contributed by atoms with Crippen molar-refractivity contribution in [3.63, 3.8) is 0 Å². The summed E-state index contributed by atoms with van der Waals surface area (Å²) in [4.78, 5) is 25.8. The van der Waals surface area contributed by atoms with Crippen LogP contribution >= 0.6 is 11.6 Å². The zero-order chi connectivity index (χ0) is 15.0. The summed E-state index contributed by atoms with van der Waals surface area (Å²) in [5, 5.41) is 0.546. The Morgan fingerprint density at radius 1 is 1.10 bits per heavy atom. The molecule has 4 heteroatoms. The second kappa shape index (κ2) is 5.34. The molecule has 1 heterocycles. The molecule has 21 heavy (non-hydrogen) atoms. The minimum atomic E-state index is -0.0557. The lowest BCUT2D eigenvalue weighted by atomic mass is 9.95. The number of fused-ring (bicyclic) bond motifs is 1. The maximum absolute atomic E-state index is 12.5. The number of anilines is 1. The molecule has 0 bridgehead atoms. The Labute approximate surface area is 128 Å². The maximum Gasteiger partial charge on any atom is 0.227 e. The van der Waals surface area contributed by atoms with Crippen LogP contribution in [0.4, 0.5) is 5.69 Å². The fraction of sp³-hybridized carbons (Fsp3) is 0.176. The Morgan fingerprint density at radius 2 is 1.86 bits per heavy atom. The zero-order valence-corrected chi connectivity index (χ0v) is 12.4. The van der Waals surface area contributed by atoms with Crippen LogP contribution in [0, 0.1) is 0 Å². The SMILES string of the molecule is CN1C(=O)CCc2cc(C(=O)c3cccc(Cl)c3)ccc21. The summed E-state index contributed by atoms with van der Waals surface area (Å²) in [7, 11) is 1.76. The number of halogens is 1. The van der Waals surface area contributed by atoms with Crippen LogP contribution in [0.3, 0.4) is 0 Å². The summed E-state index contributed by atoms with van der Waals surface area (Å²) in [5.74, 6) is 0.0521. The lowest BCUT2D eigenvalue weighted by Gasteiger charge is -2.26. The van der Waals surface area contributed by atoms with Gasteiger partial charge in [-0.2, -0.15) is 0 Å². The predicted octanol–water partition coefficient (Wildman–Crippen LogP) is 3.48. The third-order valence-electron chi connectivity index (χ3n) is 3.77. The van der Waals surface area contributed by atoms with E-state index in [0.717, 1.165) is 11.3 Å². The van der Waals surface area contributed by atoms with Gasteiger partial charge < -0.3 is 4.90 Å². The van der Waals surface area contributed by atoms with Crippen molar-refractivity contribution in [2.24, 2.45) is 0 Å². The molecule has 1 aliphatic heterocycles. The Morgan fingerprint density at radius 3 is 2.62 bits per heavy atom. The van der Waals surface area contributed by atoms with Gasteiger partial charge in [0.2, 0.25) is 5.91 Å². The van der Waals surface area contributed by atoms with Gasteiger partial charge >= 0.3 is 0 Å². The number of carbonyl (C=O) groups excluding carboxylic acids is 2. The number of rotatable bonds is 2. The Balaban J connectivity index is 1.98. The summed E-state index contributed by atoms with van der Waals surface area (Å²) in [6, 6.07) is 12.4. The van der Waals surface area contributed by atoms with Crippen LogP contribution in [0.1, 0.15) is 27.9 Å². The van der Waals surface area contributed by atoms with Gasteiger partial charge in [0.05, 0.1) is 0 Å². The summed E-state index contributed by atoms with van der Waals surface area (Å²) in [5.41, 5.74) is 3.11. The largest absolute Gasteiger partial charge is 0.315 e. The molecule has 0 radical (unpaired) electrons. The fourth-order valence-electron chi connectivity index (χ4n) is 2.59. The summed E-state index contributed by atoms with van der Waals surface area (Å²) < 4.78 is 0. The number of carbonyl (C=O) groups is 2. The van der Waals surface area contributed by atoms with Crippen LogP contribution in [0.2, 0.25) is 5.02 Å². The fourth-order valence-corrected chi connectivity index (χ4v) is 2.78. The number of amides is 1. The van der Waals surface area contributed by atoms with Gasteiger partial charge in [0, 0.05) is 35.3 Å². The first kappa shape index (κ1) is 13.8. The lowest BCUT2D eigenvalue weighted by Crippen LogP contribution is -2.31. The van der Waals surface area contributed by atoms with Gasteiger partial charge in [0.15, 0.2) is 5.78 Å². The molecule has 106 valence electrons. The highest BCUT2D eigenvalue weighted by atomic mass is 35.5. The van der Waals surface area contributed by atoms with Crippen LogP contribution in [0.5, 0.6) is 0 Å². The van der Waals surface area contributed by atoms with E-state index < -0.39 is 0 Å². The van der Waals surface area contributed by atoms with Crippen LogP contribution in [0.15, 0.2) is 42.5 Å². The van der Waals surface area contributed by atoms with E-state index in [0.29, 0.717) is 29.0 Å². The quantitative estimate of drug-likeness (QED) is 0.796. The van der Waals surface area contributed by atoms with Crippen molar-refractivity contribution in [1.82, 2.24) is 0 Å². The first-order valence-corrected chi connectivity index (χ1v) is 7.14. The van der Waals surface area contributed by atoms with Crippen molar-refractivity contribution in [2.45, 2.75) is 12.8 Å². The molecule has 0 saturated heterocycles. The summed E-state index contributed by atoms with van der Waals surface area (Å²) in [6.07, 6.45) is 1.16. The molecule has 2 aromatic carbocycles. The van der Waals surface area contributed by atoms with Gasteiger partial charge in [-0.3, -0.25) is 9.59 Å². The molecule has 1 aliphatic rings. The molecule has 2 aromatic rings. The molecule has 0 N–H and O–H groups in total. The standard InChI is InChI=1S/C17H14ClNO2/c1-19-15-7-5-13(9-11(15)6-8-16(19)20)17(21)12-3-2-4-14(18)10-12/h2-5,7,9-10H,6,8H2,1H3. The van der Waals surface area contributed by atoms with Gasteiger partial charge in [-0.1, -0.05) is 23.7 Å². The molecule has 0 spiro atoms. The Kier molecular flexibility index (Phi) is 3.52. The van der Waals surface area contributed by atoms with Crippen molar-refractivity contribution < 1.29 is 9.59 Å². The number of hydrogen-bond donors (Lipinski definition) is 0. The van der Waals surface area contributed by atoms with Crippen molar-refractivity contribution in [3.05, 3.63) is 64.2 Å². The third kappa shape index (κ3) is 2.57. The minimum Gasteiger partial charge on any atom is -0.315 e. The second-order valence-corrected chi connectivity index (χ2v) is 5.57. The normalized spacial score (nSPS) is 14.0. The molecule has 1 amide bonds. The minimum absolute atomic E-state index is 0.0557. The Hall–Kier alpha value is -2.13. The predicted molar refractivity (Wildman–Crippen MR) is 83.1 cm³/mol. The van der Waals surface area contributed by atoms with E-state index in [2.05, 4.69) is 0 Å². The number of hydrogen-bond acceptors (Lipinski definition) is 2. The molecule has 0 aromatic heterocycles. The molecule has 0 aliphatic carbocycles. The topological polar surface area (TPSA) is 37.4 Å². The average molecular weight is 300 g/mol. The highest BCUT2D eigenvalue weighted by molar-refractivity contribution is 6.31. The van der Waals surface area contributed by atoms with E-state index in [4.69, 9.17) is 11.6 Å². The molecule has 0 fully saturated rings. The third-order valence-corrected chi connectivity index (χ3v) is 4.01. The number of ketones is 1. The molecule has 3 nitrogen and oxygen atoms in total. The highest BCUT2D eigenvalue weighted by Crippen LogP contribution is 2.28. The van der Waals surface area contributed by atoms with E-state index in [1.54, 1.807) is 42.3 Å². The zero-order valence-electron chi connectivity index (χ0n) is 11.6. The van der Waals surface area contributed by atoms with Crippen molar-refractivity contribution in [1.29, 1.82) is 0 Å². The second-order valence-electron chi connectivity index (χ2n) is 5.14. The molecular weight excluding hydrogens is 286 g/mol. The first-order valence-electron chi connectivity index (χ1n) is 6.76. The smallest absolute Gasteiger partial charge is 0.227 e. The Bertz CT molecular complexity index is 739. The lowest BCUT2D eigenvalue weighted by molar-refractivity contribution is -0.118. The number of aryl methyl sites for hydroxylation is 1. The van der Waals surface area contributed by atoms with Crippen molar-refractivity contribution >= 4 is 29.0 Å². The number of benzene rings is 2. The van der Waals surface area contributed by atoms with Crippen LogP contribution in [-0.4, -0.2) is 18.7 Å². The van der Waals surface area contributed by atoms with E-state index in [9.17, 15) is 9.59 Å². The van der Waals surface area contributed by atoms with Gasteiger partial charge in [0.1, 0.15) is 0 Å². The van der Waals surface area contributed by atoms with E-state index in [-0.39, 0.29) is 11.7 Å². The van der Waals surface area contributed by atoms with E-state index >= 15 is 0 Å². The van der Waals surface area contributed by atoms with Crippen molar-refractivity contribution in [3.8, 4) is 0 Å². The molecule has 0 unspecified atom stereocenters. The average Bonchev–Trinajstić information content (AvgIpc) is 2.50. The van der Waals surface area contributed by atoms with E-state index in [1.807, 2.05) is 12.1 Å². The van der Waals surface area contributed by atoms with Crippen LogP contribution < -0.4 is 4.90 Å². The highest BCUT2D eigenvalue weighted by Gasteiger charge is 2.22. The van der Waals surface area contributed by atoms with Crippen LogP contribution in [0.25, 0.3) is 0 Å². The summed E-state index contributed by atoms with van der Waals surface area (Å²) >= 11 is 5.93. The van der Waals surface area contributed by atoms with Crippen molar-refractivity contribution in [2.75, 3.05) is 11.9 Å². The van der Waals surface area contributed by atoms with Gasteiger partial charge in [0.25, 0.3) is 0 Å². The monoisotopic (exact) mass is 299 g/mol. The molecule has 0 saturated carbocycles. The first-order chi connectivity index (χ1) is 10.1. The van der Waals surface area contributed by atoms with E-state index in [1.165, 1.54) is 0 Å². The van der Waals surface area contributed by atoms with Gasteiger partial charge in [-0.05, 0) is 42.3 Å². The summed E-state index contributed by atoms with van der Waals surface area (Å²) in [6.45, 7) is 0. The molecule has 3 rings (SSSR count).